The fraction of sp³-hybridized carbons (Fsp3) is 0.786. The number of likely N-dealkylation sites (N-methyl/N-ethyl adjacent to an activating group) is 1. The van der Waals surface area contributed by atoms with Crippen LogP contribution in [0.3, 0.4) is 0 Å². The number of hydrogen-bond acceptors (Lipinski definition) is 5. The minimum Gasteiger partial charge on any atom is -0.353 e. The molecule has 4 amide bonds. The third-order valence-corrected chi connectivity index (χ3v) is 12.1. The molecule has 376 valence electrons. The third-order valence-electron chi connectivity index (χ3n) is 12.1. The number of nitrogens with zero attached hydrogens (tertiary/aromatic N) is 3. The van der Waals surface area contributed by atoms with E-state index in [4.69, 9.17) is 0 Å². The van der Waals surface area contributed by atoms with Gasteiger partial charge < -0.3 is 25.3 Å². The van der Waals surface area contributed by atoms with E-state index < -0.39 is 12.1 Å². The number of hydrogen-bond donors (Lipinski definition) is 2. The highest BCUT2D eigenvalue weighted by atomic mass is 16.2. The van der Waals surface area contributed by atoms with Gasteiger partial charge in [-0.25, -0.2) is 0 Å². The summed E-state index contributed by atoms with van der Waals surface area (Å²) in [7, 11) is 1.98. The number of rotatable bonds is 43. The Hall–Kier alpha value is -3.20. The van der Waals surface area contributed by atoms with Gasteiger partial charge in [-0.05, 0) is 102 Å². The molecule has 0 aromatic heterocycles. The molecule has 2 unspecified atom stereocenters. The first-order chi connectivity index (χ1) is 31.5. The standard InChI is InChI=1S/C56H103N5O4/c1-10-14-16-18-20-22-24-26-28-30-32-34-36-38-40-42-52(63)61(46-13-4)54(50(7)8)56(65)58-44-48-59(9)47-43-57-55(64)53(49(5)6)60(45-12-3)51(62)41-39-37-35-33-31-29-27-25-23-21-19-17-15-11-2/h19-22,25-28,49-50,53-54H,10-18,23-24,29-48H2,1-9H3,(H,57,64)(H,58,65)/b21-19-,22-20-,27-25-,28-26-. The minimum atomic E-state index is -0.503. The molecule has 0 aromatic carbocycles. The van der Waals surface area contributed by atoms with Crippen molar-refractivity contribution < 1.29 is 19.2 Å². The summed E-state index contributed by atoms with van der Waals surface area (Å²) < 4.78 is 0. The number of amides is 4. The molecule has 0 bridgehead atoms. The first kappa shape index (κ1) is 61.8. The van der Waals surface area contributed by atoms with Gasteiger partial charge in [0.25, 0.3) is 0 Å². The molecule has 0 aliphatic carbocycles. The number of unbranched alkanes of at least 4 members (excludes halogenated alkanes) is 15. The van der Waals surface area contributed by atoms with Crippen LogP contribution in [0.1, 0.15) is 216 Å². The molecular formula is C56H103N5O4. The van der Waals surface area contributed by atoms with E-state index in [1.807, 2.05) is 44.5 Å². The average molecular weight is 910 g/mol. The summed E-state index contributed by atoms with van der Waals surface area (Å²) in [5.41, 5.74) is 0. The van der Waals surface area contributed by atoms with Crippen LogP contribution in [0.25, 0.3) is 0 Å². The van der Waals surface area contributed by atoms with Crippen molar-refractivity contribution >= 4 is 23.6 Å². The molecule has 0 aliphatic rings. The molecule has 0 aromatic rings. The average Bonchev–Trinajstić information content (AvgIpc) is 3.27. The summed E-state index contributed by atoms with van der Waals surface area (Å²) in [6.07, 6.45) is 44.6. The Balaban J connectivity index is 4.71. The summed E-state index contributed by atoms with van der Waals surface area (Å²) in [4.78, 5) is 59.8. The van der Waals surface area contributed by atoms with E-state index in [2.05, 4.69) is 91.8 Å². The molecule has 0 fully saturated rings. The van der Waals surface area contributed by atoms with Crippen molar-refractivity contribution in [1.29, 1.82) is 0 Å². The van der Waals surface area contributed by atoms with Gasteiger partial charge in [-0.1, -0.05) is 168 Å². The highest BCUT2D eigenvalue weighted by Crippen LogP contribution is 2.18. The number of carbonyl (C=O) groups excluding carboxylic acids is 4. The Labute approximate surface area is 401 Å². The van der Waals surface area contributed by atoms with E-state index in [9.17, 15) is 19.2 Å². The Morgan fingerprint density at radius 3 is 1.11 bits per heavy atom. The minimum absolute atomic E-state index is 0.00773. The van der Waals surface area contributed by atoms with Crippen molar-refractivity contribution in [3.05, 3.63) is 48.6 Å². The lowest BCUT2D eigenvalue weighted by Gasteiger charge is -2.34. The van der Waals surface area contributed by atoms with Crippen LogP contribution < -0.4 is 10.6 Å². The zero-order valence-electron chi connectivity index (χ0n) is 43.8. The first-order valence-corrected chi connectivity index (χ1v) is 26.9. The maximum atomic E-state index is 13.6. The van der Waals surface area contributed by atoms with Gasteiger partial charge in [0, 0.05) is 52.1 Å². The van der Waals surface area contributed by atoms with Gasteiger partial charge in [-0.15, -0.1) is 0 Å². The summed E-state index contributed by atoms with van der Waals surface area (Å²) in [6, 6.07) is -1.01. The predicted octanol–water partition coefficient (Wildman–Crippen LogP) is 12.9. The van der Waals surface area contributed by atoms with Crippen molar-refractivity contribution in [2.75, 3.05) is 46.3 Å². The molecule has 65 heavy (non-hydrogen) atoms. The second-order valence-corrected chi connectivity index (χ2v) is 19.0. The lowest BCUT2D eigenvalue weighted by Crippen LogP contribution is -2.54. The Morgan fingerprint density at radius 2 is 0.754 bits per heavy atom. The second kappa shape index (κ2) is 43.4. The molecule has 0 saturated heterocycles. The Bertz CT molecular complexity index is 1310. The quantitative estimate of drug-likeness (QED) is 0.0469. The molecule has 9 nitrogen and oxygen atoms in total. The van der Waals surface area contributed by atoms with Gasteiger partial charge in [0.2, 0.25) is 23.6 Å². The van der Waals surface area contributed by atoms with E-state index in [1.165, 1.54) is 70.6 Å². The fourth-order valence-corrected chi connectivity index (χ4v) is 8.26. The molecule has 0 saturated carbocycles. The molecule has 0 heterocycles. The topological polar surface area (TPSA) is 102 Å². The zero-order valence-corrected chi connectivity index (χ0v) is 43.8. The van der Waals surface area contributed by atoms with Gasteiger partial charge in [-0.3, -0.25) is 19.2 Å². The second-order valence-electron chi connectivity index (χ2n) is 19.0. The van der Waals surface area contributed by atoms with Gasteiger partial charge >= 0.3 is 0 Å². The van der Waals surface area contributed by atoms with E-state index in [0.29, 0.717) is 52.1 Å². The lowest BCUT2D eigenvalue weighted by atomic mass is 10.00. The predicted molar refractivity (Wildman–Crippen MR) is 279 cm³/mol. The molecule has 0 rings (SSSR count). The Kier molecular flexibility index (Phi) is 41.2. The lowest BCUT2D eigenvalue weighted by molar-refractivity contribution is -0.142. The van der Waals surface area contributed by atoms with Crippen LogP contribution in [0.2, 0.25) is 0 Å². The van der Waals surface area contributed by atoms with Crippen molar-refractivity contribution in [3.63, 3.8) is 0 Å². The van der Waals surface area contributed by atoms with Crippen LogP contribution in [-0.2, 0) is 19.2 Å². The smallest absolute Gasteiger partial charge is 0.243 e. The molecule has 2 atom stereocenters. The van der Waals surface area contributed by atoms with Gasteiger partial charge in [-0.2, -0.15) is 0 Å². The van der Waals surface area contributed by atoms with Crippen LogP contribution >= 0.6 is 0 Å². The van der Waals surface area contributed by atoms with Crippen molar-refractivity contribution in [2.24, 2.45) is 11.8 Å². The molecule has 0 spiro atoms. The SMILES string of the molecule is CCCC/C=C\C/C=C\CCCCCCCC(=O)N(CCC)C(C(=O)NCCN(C)CCNC(=O)C(C(C)C)N(CCC)C(=O)CCCCCCC/C=C\C/C=C\CCCCC)C(C)C. The maximum absolute atomic E-state index is 13.6. The summed E-state index contributed by atoms with van der Waals surface area (Å²) >= 11 is 0. The highest BCUT2D eigenvalue weighted by molar-refractivity contribution is 5.88. The molecule has 0 aliphatic heterocycles. The largest absolute Gasteiger partial charge is 0.353 e. The van der Waals surface area contributed by atoms with Crippen molar-refractivity contribution in [2.45, 2.75) is 228 Å². The van der Waals surface area contributed by atoms with Crippen LogP contribution in [0.15, 0.2) is 48.6 Å². The summed E-state index contributed by atoms with van der Waals surface area (Å²) in [5.74, 6) is -0.0756. The molecular weight excluding hydrogens is 807 g/mol. The van der Waals surface area contributed by atoms with Crippen LogP contribution in [0.5, 0.6) is 0 Å². The van der Waals surface area contributed by atoms with Gasteiger partial charge in [0.15, 0.2) is 0 Å². The molecule has 9 heteroatoms. The molecule has 0 radical (unpaired) electrons. The van der Waals surface area contributed by atoms with E-state index in [-0.39, 0.29) is 35.5 Å². The maximum Gasteiger partial charge on any atom is 0.243 e. The summed E-state index contributed by atoms with van der Waals surface area (Å²) in [5, 5.41) is 6.22. The van der Waals surface area contributed by atoms with Crippen LogP contribution in [-0.4, -0.2) is 96.7 Å². The number of carbonyl (C=O) groups is 4. The van der Waals surface area contributed by atoms with Crippen LogP contribution in [0.4, 0.5) is 0 Å². The van der Waals surface area contributed by atoms with Crippen molar-refractivity contribution in [1.82, 2.24) is 25.3 Å². The third kappa shape index (κ3) is 33.0. The highest BCUT2D eigenvalue weighted by Gasteiger charge is 2.33. The van der Waals surface area contributed by atoms with Crippen LogP contribution in [0, 0.1) is 11.8 Å². The van der Waals surface area contributed by atoms with Crippen molar-refractivity contribution in [3.8, 4) is 0 Å². The first-order valence-electron chi connectivity index (χ1n) is 26.9. The van der Waals surface area contributed by atoms with E-state index in [0.717, 1.165) is 77.0 Å². The van der Waals surface area contributed by atoms with Gasteiger partial charge in [0.05, 0.1) is 0 Å². The number of nitrogens with one attached hydrogen (secondary N) is 2. The summed E-state index contributed by atoms with van der Waals surface area (Å²) in [6.45, 7) is 19.9. The normalized spacial score (nSPS) is 13.0. The van der Waals surface area contributed by atoms with Gasteiger partial charge in [0.1, 0.15) is 12.1 Å². The fourth-order valence-electron chi connectivity index (χ4n) is 8.26. The zero-order chi connectivity index (χ0) is 48.3. The van der Waals surface area contributed by atoms with E-state index >= 15 is 0 Å². The van der Waals surface area contributed by atoms with E-state index in [1.54, 1.807) is 0 Å². The monoisotopic (exact) mass is 910 g/mol. The molecule has 2 N–H and O–H groups in total. The number of allylic oxidation sites excluding steroid dienone is 8. The Morgan fingerprint density at radius 1 is 0.415 bits per heavy atom.